The van der Waals surface area contributed by atoms with Crippen molar-refractivity contribution in [1.82, 2.24) is 14.9 Å². The fourth-order valence-corrected chi connectivity index (χ4v) is 4.92. The minimum absolute atomic E-state index is 0.207. The second-order valence-electron chi connectivity index (χ2n) is 7.90. The van der Waals surface area contributed by atoms with Gasteiger partial charge in [0.15, 0.2) is 11.5 Å². The van der Waals surface area contributed by atoms with Crippen molar-refractivity contribution in [2.75, 3.05) is 25.1 Å². The Morgan fingerprint density at radius 2 is 2.07 bits per heavy atom. The standard InChI is InChI=1S/C21H26N4O2/c1-27-20-7-4-14(10-19(20)26)13-25-15-5-6-18(25)16-12-22-21(23-17(16)11-15)24-8-2-3-9-24/h4,7,10,12,15,18,26H,2-3,5-6,8-9,11,13H2,1H3. The summed E-state index contributed by atoms with van der Waals surface area (Å²) >= 11 is 0. The van der Waals surface area contributed by atoms with E-state index in [1.807, 2.05) is 18.2 Å². The number of aromatic nitrogens is 2. The molecule has 1 aromatic heterocycles. The molecule has 4 heterocycles. The number of anilines is 1. The van der Waals surface area contributed by atoms with Gasteiger partial charge in [-0.1, -0.05) is 6.07 Å². The van der Waals surface area contributed by atoms with Crippen LogP contribution in [0, 0.1) is 0 Å². The normalized spacial score (nSPS) is 24.3. The number of phenols is 1. The minimum atomic E-state index is 0.207. The number of benzene rings is 1. The Morgan fingerprint density at radius 1 is 1.22 bits per heavy atom. The third-order valence-electron chi connectivity index (χ3n) is 6.32. The van der Waals surface area contributed by atoms with Gasteiger partial charge in [0.2, 0.25) is 5.95 Å². The van der Waals surface area contributed by atoms with Gasteiger partial charge in [-0.05, 0) is 43.4 Å². The summed E-state index contributed by atoms with van der Waals surface area (Å²) in [6.45, 7) is 3.00. The Bertz CT molecular complexity index is 850. The fourth-order valence-electron chi connectivity index (χ4n) is 4.92. The van der Waals surface area contributed by atoms with Gasteiger partial charge in [-0.15, -0.1) is 0 Å². The Morgan fingerprint density at radius 3 is 2.85 bits per heavy atom. The molecule has 5 rings (SSSR count). The van der Waals surface area contributed by atoms with Crippen LogP contribution < -0.4 is 9.64 Å². The molecule has 0 aliphatic carbocycles. The maximum atomic E-state index is 10.1. The summed E-state index contributed by atoms with van der Waals surface area (Å²) in [5, 5.41) is 10.1. The molecule has 27 heavy (non-hydrogen) atoms. The Hall–Kier alpha value is -2.34. The minimum Gasteiger partial charge on any atom is -0.504 e. The molecular formula is C21H26N4O2. The second kappa shape index (κ2) is 6.68. The summed E-state index contributed by atoms with van der Waals surface area (Å²) in [6, 6.07) is 6.61. The van der Waals surface area contributed by atoms with Gasteiger partial charge >= 0.3 is 0 Å². The van der Waals surface area contributed by atoms with E-state index < -0.39 is 0 Å². The zero-order valence-corrected chi connectivity index (χ0v) is 15.8. The Kier molecular flexibility index (Phi) is 4.16. The maximum Gasteiger partial charge on any atom is 0.225 e. The second-order valence-corrected chi connectivity index (χ2v) is 7.90. The highest BCUT2D eigenvalue weighted by Crippen LogP contribution is 2.44. The number of phenolic OH excluding ortho intramolecular Hbond substituents is 1. The van der Waals surface area contributed by atoms with E-state index in [0.717, 1.165) is 44.0 Å². The Balaban J connectivity index is 1.39. The lowest BCUT2D eigenvalue weighted by Gasteiger charge is -2.36. The molecule has 1 N–H and O–H groups in total. The number of aromatic hydroxyl groups is 1. The van der Waals surface area contributed by atoms with Gasteiger partial charge in [0, 0.05) is 49.9 Å². The van der Waals surface area contributed by atoms with E-state index in [4.69, 9.17) is 14.7 Å². The third-order valence-corrected chi connectivity index (χ3v) is 6.32. The molecule has 2 atom stereocenters. The maximum absolute atomic E-state index is 10.1. The van der Waals surface area contributed by atoms with Crippen molar-refractivity contribution >= 4 is 5.95 Å². The van der Waals surface area contributed by atoms with E-state index in [2.05, 4.69) is 16.0 Å². The van der Waals surface area contributed by atoms with E-state index in [1.54, 1.807) is 7.11 Å². The molecule has 2 fully saturated rings. The third kappa shape index (κ3) is 2.92. The summed E-state index contributed by atoms with van der Waals surface area (Å²) in [5.74, 6) is 1.64. The number of methoxy groups -OCH3 is 1. The predicted molar refractivity (Wildman–Crippen MR) is 103 cm³/mol. The molecule has 2 bridgehead atoms. The van der Waals surface area contributed by atoms with Crippen LogP contribution in [0.3, 0.4) is 0 Å². The lowest BCUT2D eigenvalue weighted by molar-refractivity contribution is 0.166. The van der Waals surface area contributed by atoms with Crippen LogP contribution in [0.25, 0.3) is 0 Å². The molecule has 0 radical (unpaired) electrons. The first-order chi connectivity index (χ1) is 13.2. The van der Waals surface area contributed by atoms with Gasteiger partial charge in [0.05, 0.1) is 12.8 Å². The molecule has 6 nitrogen and oxygen atoms in total. The van der Waals surface area contributed by atoms with E-state index >= 15 is 0 Å². The summed E-state index contributed by atoms with van der Waals surface area (Å²) < 4.78 is 5.16. The molecular weight excluding hydrogens is 340 g/mol. The van der Waals surface area contributed by atoms with Crippen molar-refractivity contribution in [3.63, 3.8) is 0 Å². The number of ether oxygens (including phenoxy) is 1. The average Bonchev–Trinajstić information content (AvgIpc) is 3.30. The number of hydrogen-bond donors (Lipinski definition) is 1. The molecule has 6 heteroatoms. The largest absolute Gasteiger partial charge is 0.504 e. The quantitative estimate of drug-likeness (QED) is 0.897. The molecule has 2 unspecified atom stereocenters. The lowest BCUT2D eigenvalue weighted by Crippen LogP contribution is -2.38. The van der Waals surface area contributed by atoms with E-state index in [1.165, 1.54) is 30.5 Å². The van der Waals surface area contributed by atoms with Gasteiger partial charge in [-0.3, -0.25) is 4.90 Å². The first-order valence-corrected chi connectivity index (χ1v) is 9.95. The van der Waals surface area contributed by atoms with Gasteiger partial charge in [0.25, 0.3) is 0 Å². The van der Waals surface area contributed by atoms with Crippen molar-refractivity contribution in [3.05, 3.63) is 41.2 Å². The molecule has 2 aromatic rings. The van der Waals surface area contributed by atoms with Crippen LogP contribution in [-0.2, 0) is 13.0 Å². The predicted octanol–water partition coefficient (Wildman–Crippen LogP) is 3.05. The molecule has 1 aromatic carbocycles. The van der Waals surface area contributed by atoms with Crippen LogP contribution in [-0.4, -0.2) is 46.2 Å². The van der Waals surface area contributed by atoms with Crippen LogP contribution in [0.5, 0.6) is 11.5 Å². The number of nitrogens with zero attached hydrogens (tertiary/aromatic N) is 4. The number of rotatable bonds is 4. The molecule has 3 aliphatic rings. The molecule has 142 valence electrons. The SMILES string of the molecule is COc1ccc(CN2C3CCC2c2cnc(N4CCCC4)nc2C3)cc1O. The molecule has 0 saturated carbocycles. The lowest BCUT2D eigenvalue weighted by atomic mass is 9.98. The highest BCUT2D eigenvalue weighted by molar-refractivity contribution is 5.42. The van der Waals surface area contributed by atoms with Gasteiger partial charge in [0.1, 0.15) is 0 Å². The monoisotopic (exact) mass is 366 g/mol. The molecule has 3 aliphatic heterocycles. The zero-order chi connectivity index (χ0) is 18.4. The van der Waals surface area contributed by atoms with Gasteiger partial charge in [-0.25, -0.2) is 9.97 Å². The summed E-state index contributed by atoms with van der Waals surface area (Å²) in [7, 11) is 1.58. The summed E-state index contributed by atoms with van der Waals surface area (Å²) in [4.78, 5) is 14.5. The molecule has 2 saturated heterocycles. The topological polar surface area (TPSA) is 61.7 Å². The molecule has 0 spiro atoms. The van der Waals surface area contributed by atoms with Crippen LogP contribution in [0.15, 0.2) is 24.4 Å². The van der Waals surface area contributed by atoms with Crippen LogP contribution in [0.4, 0.5) is 5.95 Å². The van der Waals surface area contributed by atoms with Crippen LogP contribution in [0.1, 0.15) is 48.5 Å². The van der Waals surface area contributed by atoms with Crippen molar-refractivity contribution < 1.29 is 9.84 Å². The zero-order valence-electron chi connectivity index (χ0n) is 15.8. The Labute approximate surface area is 159 Å². The molecule has 0 amide bonds. The first kappa shape index (κ1) is 16.8. The number of hydrogen-bond acceptors (Lipinski definition) is 6. The highest BCUT2D eigenvalue weighted by Gasteiger charge is 2.41. The first-order valence-electron chi connectivity index (χ1n) is 9.95. The number of fused-ring (bicyclic) bond motifs is 4. The van der Waals surface area contributed by atoms with Crippen molar-refractivity contribution in [3.8, 4) is 11.5 Å². The van der Waals surface area contributed by atoms with Gasteiger partial charge < -0.3 is 14.7 Å². The van der Waals surface area contributed by atoms with E-state index in [-0.39, 0.29) is 5.75 Å². The van der Waals surface area contributed by atoms with Crippen molar-refractivity contribution in [1.29, 1.82) is 0 Å². The fraction of sp³-hybridized carbons (Fsp3) is 0.524. The van der Waals surface area contributed by atoms with E-state index in [0.29, 0.717) is 17.8 Å². The van der Waals surface area contributed by atoms with Crippen molar-refractivity contribution in [2.45, 2.75) is 50.7 Å². The van der Waals surface area contributed by atoms with Crippen molar-refractivity contribution in [2.24, 2.45) is 0 Å². The average molecular weight is 366 g/mol. The van der Waals surface area contributed by atoms with Crippen LogP contribution >= 0.6 is 0 Å². The van der Waals surface area contributed by atoms with E-state index in [9.17, 15) is 5.11 Å². The smallest absolute Gasteiger partial charge is 0.225 e. The summed E-state index contributed by atoms with van der Waals surface area (Å²) in [6.07, 6.45) is 7.91. The summed E-state index contributed by atoms with van der Waals surface area (Å²) in [5.41, 5.74) is 3.65. The van der Waals surface area contributed by atoms with Gasteiger partial charge in [-0.2, -0.15) is 0 Å². The van der Waals surface area contributed by atoms with Crippen LogP contribution in [0.2, 0.25) is 0 Å². The highest BCUT2D eigenvalue weighted by atomic mass is 16.5.